The molecular formula is C22H25N7. The third-order valence-electron chi connectivity index (χ3n) is 5.65. The van der Waals surface area contributed by atoms with Crippen LogP contribution in [0.4, 0.5) is 0 Å². The van der Waals surface area contributed by atoms with E-state index in [1.807, 2.05) is 46.0 Å². The van der Waals surface area contributed by atoms with Crippen LogP contribution in [0.15, 0.2) is 55.2 Å². The standard InChI is InChI=1S/C22H25N7/c1-2-28-14-17(12-24-28)13-27-11-3-4-20(15-27)22-25-21-6-5-19(16-29(21)26-22)18-7-9-23-10-8-18/h5-10,12,14,16,20H,2-4,11,13,15H2,1H3. The summed E-state index contributed by atoms with van der Waals surface area (Å²) in [4.78, 5) is 11.4. The molecule has 4 aromatic rings. The van der Waals surface area contributed by atoms with Crippen LogP contribution in [0.1, 0.15) is 37.1 Å². The van der Waals surface area contributed by atoms with Crippen molar-refractivity contribution in [2.45, 2.75) is 38.8 Å². The average molecular weight is 387 g/mol. The normalized spacial score (nSPS) is 17.8. The van der Waals surface area contributed by atoms with Gasteiger partial charge in [-0.2, -0.15) is 10.2 Å². The fraction of sp³-hybridized carbons (Fsp3) is 0.364. The Bertz CT molecular complexity index is 1100. The Morgan fingerprint density at radius 3 is 2.79 bits per heavy atom. The Morgan fingerprint density at radius 1 is 1.07 bits per heavy atom. The summed E-state index contributed by atoms with van der Waals surface area (Å²) in [5.74, 6) is 1.32. The van der Waals surface area contributed by atoms with Crippen molar-refractivity contribution < 1.29 is 0 Å². The molecule has 0 amide bonds. The van der Waals surface area contributed by atoms with Crippen LogP contribution in [-0.2, 0) is 13.1 Å². The molecule has 0 radical (unpaired) electrons. The molecule has 7 nitrogen and oxygen atoms in total. The van der Waals surface area contributed by atoms with Gasteiger partial charge in [0.2, 0.25) is 0 Å². The van der Waals surface area contributed by atoms with Crippen LogP contribution < -0.4 is 0 Å². The van der Waals surface area contributed by atoms with Crippen LogP contribution in [0, 0.1) is 0 Å². The second-order valence-corrected chi connectivity index (χ2v) is 7.70. The Labute approximate surface area is 170 Å². The van der Waals surface area contributed by atoms with E-state index in [9.17, 15) is 0 Å². The van der Waals surface area contributed by atoms with Crippen LogP contribution in [0.5, 0.6) is 0 Å². The molecule has 4 aromatic heterocycles. The number of pyridine rings is 2. The van der Waals surface area contributed by atoms with Gasteiger partial charge < -0.3 is 0 Å². The summed E-state index contributed by atoms with van der Waals surface area (Å²) in [6.45, 7) is 6.08. The quantitative estimate of drug-likeness (QED) is 0.525. The molecule has 148 valence electrons. The minimum atomic E-state index is 0.370. The fourth-order valence-corrected chi connectivity index (χ4v) is 4.12. The molecule has 1 fully saturated rings. The smallest absolute Gasteiger partial charge is 0.156 e. The molecular weight excluding hydrogens is 362 g/mol. The second kappa shape index (κ2) is 7.75. The molecule has 0 N–H and O–H groups in total. The summed E-state index contributed by atoms with van der Waals surface area (Å²) in [6.07, 6.45) is 12.1. The Morgan fingerprint density at radius 2 is 1.97 bits per heavy atom. The van der Waals surface area contributed by atoms with E-state index < -0.39 is 0 Å². The Hall–Kier alpha value is -3.06. The van der Waals surface area contributed by atoms with Gasteiger partial charge in [0.05, 0.1) is 6.20 Å². The topological polar surface area (TPSA) is 64.1 Å². The lowest BCUT2D eigenvalue weighted by Gasteiger charge is -2.30. The number of hydrogen-bond acceptors (Lipinski definition) is 5. The maximum Gasteiger partial charge on any atom is 0.156 e. The predicted octanol–water partition coefficient (Wildman–Crippen LogP) is 3.39. The Kier molecular flexibility index (Phi) is 4.81. The zero-order valence-corrected chi connectivity index (χ0v) is 16.6. The van der Waals surface area contributed by atoms with Gasteiger partial charge in [0.25, 0.3) is 0 Å². The zero-order chi connectivity index (χ0) is 19.6. The maximum absolute atomic E-state index is 4.83. The van der Waals surface area contributed by atoms with Gasteiger partial charge in [0, 0.05) is 61.5 Å². The van der Waals surface area contributed by atoms with Crippen molar-refractivity contribution in [2.75, 3.05) is 13.1 Å². The van der Waals surface area contributed by atoms with E-state index in [2.05, 4.69) is 40.4 Å². The van der Waals surface area contributed by atoms with Crippen molar-refractivity contribution in [3.8, 4) is 11.1 Å². The Balaban J connectivity index is 1.34. The van der Waals surface area contributed by atoms with Gasteiger partial charge in [-0.25, -0.2) is 9.50 Å². The molecule has 5 heterocycles. The van der Waals surface area contributed by atoms with Crippen molar-refractivity contribution in [3.63, 3.8) is 0 Å². The number of piperidine rings is 1. The lowest BCUT2D eigenvalue weighted by atomic mass is 9.97. The molecule has 1 aliphatic rings. The van der Waals surface area contributed by atoms with Gasteiger partial charge in [-0.15, -0.1) is 0 Å². The average Bonchev–Trinajstić information content (AvgIpc) is 3.40. The first kappa shape index (κ1) is 18.0. The van der Waals surface area contributed by atoms with Gasteiger partial charge in [0.1, 0.15) is 0 Å². The summed E-state index contributed by atoms with van der Waals surface area (Å²) >= 11 is 0. The van der Waals surface area contributed by atoms with E-state index in [1.165, 1.54) is 12.0 Å². The monoisotopic (exact) mass is 387 g/mol. The summed E-state index contributed by atoms with van der Waals surface area (Å²) in [6, 6.07) is 8.17. The van der Waals surface area contributed by atoms with E-state index in [4.69, 9.17) is 10.1 Å². The molecule has 7 heteroatoms. The van der Waals surface area contributed by atoms with Crippen molar-refractivity contribution in [2.24, 2.45) is 0 Å². The first-order valence-corrected chi connectivity index (χ1v) is 10.3. The van der Waals surface area contributed by atoms with Gasteiger partial charge in [0.15, 0.2) is 11.5 Å². The van der Waals surface area contributed by atoms with Crippen LogP contribution in [0.25, 0.3) is 16.8 Å². The minimum absolute atomic E-state index is 0.370. The zero-order valence-electron chi connectivity index (χ0n) is 16.6. The highest BCUT2D eigenvalue weighted by Gasteiger charge is 2.25. The highest BCUT2D eigenvalue weighted by Crippen LogP contribution is 2.27. The molecule has 0 spiro atoms. The number of fused-ring (bicyclic) bond motifs is 1. The van der Waals surface area contributed by atoms with Crippen LogP contribution in [0.3, 0.4) is 0 Å². The summed E-state index contributed by atoms with van der Waals surface area (Å²) in [5.41, 5.74) is 4.43. The van der Waals surface area contributed by atoms with E-state index in [1.54, 1.807) is 0 Å². The highest BCUT2D eigenvalue weighted by atomic mass is 15.3. The largest absolute Gasteiger partial charge is 0.298 e. The second-order valence-electron chi connectivity index (χ2n) is 7.70. The van der Waals surface area contributed by atoms with Gasteiger partial charge in [-0.05, 0) is 56.1 Å². The fourth-order valence-electron chi connectivity index (χ4n) is 4.12. The first-order chi connectivity index (χ1) is 14.3. The van der Waals surface area contributed by atoms with Crippen molar-refractivity contribution in [1.29, 1.82) is 0 Å². The maximum atomic E-state index is 4.83. The number of likely N-dealkylation sites (tertiary alicyclic amines) is 1. The number of hydrogen-bond donors (Lipinski definition) is 0. The van der Waals surface area contributed by atoms with E-state index >= 15 is 0 Å². The molecule has 1 saturated heterocycles. The molecule has 1 aliphatic heterocycles. The third-order valence-corrected chi connectivity index (χ3v) is 5.65. The van der Waals surface area contributed by atoms with Gasteiger partial charge >= 0.3 is 0 Å². The van der Waals surface area contributed by atoms with Gasteiger partial charge in [-0.1, -0.05) is 0 Å². The highest BCUT2D eigenvalue weighted by molar-refractivity contribution is 5.63. The third kappa shape index (κ3) is 3.78. The summed E-state index contributed by atoms with van der Waals surface area (Å²) < 4.78 is 3.90. The van der Waals surface area contributed by atoms with E-state index in [0.717, 1.165) is 55.2 Å². The minimum Gasteiger partial charge on any atom is -0.298 e. The number of aromatic nitrogens is 6. The summed E-state index contributed by atoms with van der Waals surface area (Å²) in [7, 11) is 0. The van der Waals surface area contributed by atoms with E-state index in [0.29, 0.717) is 5.92 Å². The molecule has 29 heavy (non-hydrogen) atoms. The van der Waals surface area contributed by atoms with Gasteiger partial charge in [-0.3, -0.25) is 14.6 Å². The SMILES string of the molecule is CCn1cc(CN2CCCC(c3nc4ccc(-c5ccncc5)cn4n3)C2)cn1. The first-order valence-electron chi connectivity index (χ1n) is 10.3. The lowest BCUT2D eigenvalue weighted by molar-refractivity contribution is 0.196. The molecule has 0 bridgehead atoms. The van der Waals surface area contributed by atoms with E-state index in [-0.39, 0.29) is 0 Å². The summed E-state index contributed by atoms with van der Waals surface area (Å²) in [5, 5.41) is 9.23. The molecule has 0 aliphatic carbocycles. The molecule has 1 atom stereocenters. The van der Waals surface area contributed by atoms with Crippen molar-refractivity contribution in [3.05, 3.63) is 66.6 Å². The van der Waals surface area contributed by atoms with Crippen molar-refractivity contribution in [1.82, 2.24) is 34.3 Å². The predicted molar refractivity (Wildman–Crippen MR) is 111 cm³/mol. The number of aryl methyl sites for hydroxylation is 1. The lowest BCUT2D eigenvalue weighted by Crippen LogP contribution is -2.34. The molecule has 0 saturated carbocycles. The molecule has 1 unspecified atom stereocenters. The molecule has 0 aromatic carbocycles. The molecule has 5 rings (SSSR count). The van der Waals surface area contributed by atoms with Crippen LogP contribution in [-0.4, -0.2) is 47.4 Å². The number of rotatable bonds is 5. The van der Waals surface area contributed by atoms with Crippen LogP contribution in [0.2, 0.25) is 0 Å². The van der Waals surface area contributed by atoms with Crippen LogP contribution >= 0.6 is 0 Å². The number of nitrogens with zero attached hydrogens (tertiary/aromatic N) is 7. The van der Waals surface area contributed by atoms with Crippen molar-refractivity contribution >= 4 is 5.65 Å².